The summed E-state index contributed by atoms with van der Waals surface area (Å²) >= 11 is 0. The van der Waals surface area contributed by atoms with E-state index in [0.29, 0.717) is 39.0 Å². The molecule has 0 radical (unpaired) electrons. The lowest BCUT2D eigenvalue weighted by atomic mass is 10.00. The Morgan fingerprint density at radius 3 is 2.55 bits per heavy atom. The lowest BCUT2D eigenvalue weighted by Gasteiger charge is -2.46. The third kappa shape index (κ3) is 2.35. The molecule has 2 saturated heterocycles. The predicted molar refractivity (Wildman–Crippen MR) is 76.4 cm³/mol. The first-order chi connectivity index (χ1) is 10.4. The number of carbonyl (C=O) groups excluding carboxylic acids is 1. The summed E-state index contributed by atoms with van der Waals surface area (Å²) in [6.07, 6.45) is 2.40. The lowest BCUT2D eigenvalue weighted by Crippen LogP contribution is -2.63. The van der Waals surface area contributed by atoms with Gasteiger partial charge in [-0.1, -0.05) is 0 Å². The van der Waals surface area contributed by atoms with Gasteiger partial charge in [-0.2, -0.15) is 4.31 Å². The van der Waals surface area contributed by atoms with Crippen LogP contribution in [-0.4, -0.2) is 72.8 Å². The molecule has 8 heteroatoms. The van der Waals surface area contributed by atoms with E-state index in [0.717, 1.165) is 0 Å². The Bertz CT molecular complexity index is 588. The Morgan fingerprint density at radius 1 is 1.18 bits per heavy atom. The molecule has 2 aliphatic heterocycles. The van der Waals surface area contributed by atoms with E-state index in [9.17, 15) is 17.6 Å². The SMILES string of the molecule is O=C(N1CC[C@@H]2OCCN(S(=O)(=O)C3CC3)[C@H]2C1)C1(F)CC1. The Morgan fingerprint density at radius 2 is 1.91 bits per heavy atom. The van der Waals surface area contributed by atoms with Crippen molar-refractivity contribution in [2.45, 2.75) is 55.2 Å². The Balaban J connectivity index is 1.54. The largest absolute Gasteiger partial charge is 0.375 e. The number of amides is 1. The van der Waals surface area contributed by atoms with Crippen LogP contribution in [0.4, 0.5) is 4.39 Å². The number of sulfonamides is 1. The molecule has 0 unspecified atom stereocenters. The summed E-state index contributed by atoms with van der Waals surface area (Å²) in [6.45, 7) is 1.43. The van der Waals surface area contributed by atoms with Crippen LogP contribution < -0.4 is 0 Å². The molecular formula is C14H21FN2O4S. The van der Waals surface area contributed by atoms with Crippen molar-refractivity contribution < 1.29 is 22.3 Å². The summed E-state index contributed by atoms with van der Waals surface area (Å²) in [5, 5.41) is -0.270. The normalized spacial score (nSPS) is 35.0. The molecule has 0 aromatic carbocycles. The highest BCUT2D eigenvalue weighted by Crippen LogP contribution is 2.42. The number of nitrogens with zero attached hydrogens (tertiary/aromatic N) is 2. The molecule has 0 spiro atoms. The third-order valence-electron chi connectivity index (χ3n) is 5.17. The van der Waals surface area contributed by atoms with Crippen LogP contribution in [-0.2, 0) is 19.6 Å². The van der Waals surface area contributed by atoms with E-state index >= 15 is 0 Å². The zero-order chi connectivity index (χ0) is 15.5. The molecule has 4 aliphatic rings. The fraction of sp³-hybridized carbons (Fsp3) is 0.929. The van der Waals surface area contributed by atoms with Crippen LogP contribution in [0, 0.1) is 0 Å². The molecule has 0 aromatic heterocycles. The van der Waals surface area contributed by atoms with Gasteiger partial charge in [-0.15, -0.1) is 0 Å². The average molecular weight is 332 g/mol. The number of morpholine rings is 1. The van der Waals surface area contributed by atoms with Gasteiger partial charge in [0.25, 0.3) is 5.91 Å². The summed E-state index contributed by atoms with van der Waals surface area (Å²) in [4.78, 5) is 13.7. The van der Waals surface area contributed by atoms with E-state index in [4.69, 9.17) is 4.74 Å². The van der Waals surface area contributed by atoms with E-state index < -0.39 is 21.6 Å². The fourth-order valence-electron chi connectivity index (χ4n) is 3.51. The van der Waals surface area contributed by atoms with Crippen LogP contribution in [0.15, 0.2) is 0 Å². The number of halogens is 1. The van der Waals surface area contributed by atoms with Gasteiger partial charge >= 0.3 is 0 Å². The number of likely N-dealkylation sites (tertiary alicyclic amines) is 1. The summed E-state index contributed by atoms with van der Waals surface area (Å²) in [7, 11) is -3.31. The molecule has 0 N–H and O–H groups in total. The second-order valence-electron chi connectivity index (χ2n) is 6.84. The number of ether oxygens (including phenoxy) is 1. The van der Waals surface area contributed by atoms with E-state index in [2.05, 4.69) is 0 Å². The molecular weight excluding hydrogens is 311 g/mol. The molecule has 4 fully saturated rings. The molecule has 0 aromatic rings. The number of rotatable bonds is 3. The second-order valence-corrected chi connectivity index (χ2v) is 9.00. The van der Waals surface area contributed by atoms with E-state index in [1.165, 1.54) is 9.21 Å². The average Bonchev–Trinajstić information content (AvgIpc) is 3.40. The van der Waals surface area contributed by atoms with Crippen molar-refractivity contribution in [1.29, 1.82) is 0 Å². The summed E-state index contributed by atoms with van der Waals surface area (Å²) in [5.74, 6) is -0.472. The zero-order valence-corrected chi connectivity index (χ0v) is 13.2. The van der Waals surface area contributed by atoms with Gasteiger partial charge in [-0.05, 0) is 32.1 Å². The maximum absolute atomic E-state index is 14.0. The number of piperidine rings is 1. The van der Waals surface area contributed by atoms with Crippen LogP contribution in [0.2, 0.25) is 0 Å². The van der Waals surface area contributed by atoms with Crippen molar-refractivity contribution in [1.82, 2.24) is 9.21 Å². The summed E-state index contributed by atoms with van der Waals surface area (Å²) in [5.41, 5.74) is -1.69. The quantitative estimate of drug-likeness (QED) is 0.745. The number of alkyl halides is 1. The molecule has 124 valence electrons. The monoisotopic (exact) mass is 332 g/mol. The maximum atomic E-state index is 14.0. The fourth-order valence-corrected chi connectivity index (χ4v) is 5.53. The highest BCUT2D eigenvalue weighted by atomic mass is 32.2. The van der Waals surface area contributed by atoms with Gasteiger partial charge in [-0.3, -0.25) is 4.79 Å². The van der Waals surface area contributed by atoms with Gasteiger partial charge in [0.2, 0.25) is 10.0 Å². The van der Waals surface area contributed by atoms with Gasteiger partial charge in [0.05, 0.1) is 24.0 Å². The minimum Gasteiger partial charge on any atom is -0.375 e. The van der Waals surface area contributed by atoms with Crippen molar-refractivity contribution in [3.05, 3.63) is 0 Å². The topological polar surface area (TPSA) is 66.9 Å². The van der Waals surface area contributed by atoms with Crippen LogP contribution in [0.25, 0.3) is 0 Å². The number of carbonyl (C=O) groups is 1. The third-order valence-corrected chi connectivity index (χ3v) is 7.59. The minimum atomic E-state index is -3.31. The van der Waals surface area contributed by atoms with Crippen molar-refractivity contribution in [2.24, 2.45) is 0 Å². The molecule has 2 atom stereocenters. The lowest BCUT2D eigenvalue weighted by molar-refractivity contribution is -0.145. The standard InChI is InChI=1S/C14H21FN2O4S/c15-14(4-5-14)13(18)16-6-3-12-11(9-16)17(7-8-21-12)22(19,20)10-1-2-10/h10-12H,1-9H2/t11-,12-/m0/s1. The van der Waals surface area contributed by atoms with Gasteiger partial charge in [0, 0.05) is 19.6 Å². The number of fused-ring (bicyclic) bond motifs is 1. The number of hydrogen-bond acceptors (Lipinski definition) is 4. The van der Waals surface area contributed by atoms with Crippen LogP contribution in [0.5, 0.6) is 0 Å². The van der Waals surface area contributed by atoms with Gasteiger partial charge in [-0.25, -0.2) is 12.8 Å². The van der Waals surface area contributed by atoms with Crippen LogP contribution >= 0.6 is 0 Å². The van der Waals surface area contributed by atoms with Crippen molar-refractivity contribution in [3.8, 4) is 0 Å². The van der Waals surface area contributed by atoms with Gasteiger partial charge in [0.1, 0.15) is 0 Å². The number of hydrogen-bond donors (Lipinski definition) is 0. The van der Waals surface area contributed by atoms with Crippen molar-refractivity contribution in [2.75, 3.05) is 26.2 Å². The molecule has 2 saturated carbocycles. The summed E-state index contributed by atoms with van der Waals surface area (Å²) < 4.78 is 46.4. The molecule has 1 amide bonds. The summed E-state index contributed by atoms with van der Waals surface area (Å²) in [6, 6.07) is -0.362. The van der Waals surface area contributed by atoms with Crippen LogP contribution in [0.1, 0.15) is 32.1 Å². The smallest absolute Gasteiger partial charge is 0.260 e. The van der Waals surface area contributed by atoms with Crippen LogP contribution in [0.3, 0.4) is 0 Å². The predicted octanol–water partition coefficient (Wildman–Crippen LogP) is 0.282. The van der Waals surface area contributed by atoms with E-state index in [1.54, 1.807) is 0 Å². The molecule has 0 bridgehead atoms. The van der Waals surface area contributed by atoms with Gasteiger partial charge in [0.15, 0.2) is 5.67 Å². The van der Waals surface area contributed by atoms with Crippen molar-refractivity contribution >= 4 is 15.9 Å². The van der Waals surface area contributed by atoms with E-state index in [-0.39, 0.29) is 36.8 Å². The molecule has 2 aliphatic carbocycles. The second kappa shape index (κ2) is 4.88. The van der Waals surface area contributed by atoms with Crippen molar-refractivity contribution in [3.63, 3.8) is 0 Å². The van der Waals surface area contributed by atoms with E-state index in [1.807, 2.05) is 0 Å². The molecule has 4 rings (SSSR count). The van der Waals surface area contributed by atoms with Gasteiger partial charge < -0.3 is 9.64 Å². The zero-order valence-electron chi connectivity index (χ0n) is 12.4. The first kappa shape index (κ1) is 14.8. The maximum Gasteiger partial charge on any atom is 0.260 e. The highest BCUT2D eigenvalue weighted by Gasteiger charge is 2.55. The highest BCUT2D eigenvalue weighted by molar-refractivity contribution is 7.90. The Hall–Kier alpha value is -0.730. The minimum absolute atomic E-state index is 0.180. The molecule has 2 heterocycles. The molecule has 6 nitrogen and oxygen atoms in total. The first-order valence-corrected chi connectivity index (χ1v) is 9.53. The Labute approximate surface area is 129 Å². The molecule has 22 heavy (non-hydrogen) atoms. The Kier molecular flexibility index (Phi) is 3.29. The first-order valence-electron chi connectivity index (χ1n) is 8.02.